The van der Waals surface area contributed by atoms with E-state index < -0.39 is 18.5 Å². The third kappa shape index (κ3) is 3.34. The molecule has 24 heavy (non-hydrogen) atoms. The van der Waals surface area contributed by atoms with Crippen LogP contribution in [0.3, 0.4) is 0 Å². The van der Waals surface area contributed by atoms with Crippen molar-refractivity contribution in [3.63, 3.8) is 0 Å². The SMILES string of the molecule is C[C@H]1CCc2c(sc(NC(=O)COC(=O)c3ccco3)c2C#N)C1. The summed E-state index contributed by atoms with van der Waals surface area (Å²) in [5.41, 5.74) is 1.58. The molecular weight excluding hydrogens is 328 g/mol. The maximum atomic E-state index is 12.0. The molecule has 0 unspecified atom stereocenters. The molecule has 0 aliphatic heterocycles. The number of nitriles is 1. The highest BCUT2D eigenvalue weighted by molar-refractivity contribution is 7.16. The number of nitrogens with zero attached hydrogens (tertiary/aromatic N) is 1. The number of rotatable bonds is 4. The van der Waals surface area contributed by atoms with E-state index in [-0.39, 0.29) is 5.76 Å². The van der Waals surface area contributed by atoms with Crippen LogP contribution >= 0.6 is 11.3 Å². The second kappa shape index (κ2) is 6.89. The van der Waals surface area contributed by atoms with Crippen LogP contribution in [0.4, 0.5) is 5.00 Å². The van der Waals surface area contributed by atoms with Gasteiger partial charge in [0, 0.05) is 4.88 Å². The van der Waals surface area contributed by atoms with Gasteiger partial charge >= 0.3 is 5.97 Å². The Morgan fingerprint density at radius 3 is 3.08 bits per heavy atom. The average molecular weight is 344 g/mol. The predicted octanol–water partition coefficient (Wildman–Crippen LogP) is 3.13. The quantitative estimate of drug-likeness (QED) is 0.860. The molecular formula is C17H16N2O4S. The molecule has 1 atom stereocenters. The van der Waals surface area contributed by atoms with Gasteiger partial charge in [0.05, 0.1) is 11.8 Å². The molecule has 3 rings (SSSR count). The number of carbonyl (C=O) groups is 2. The highest BCUT2D eigenvalue weighted by atomic mass is 32.1. The molecule has 0 saturated carbocycles. The van der Waals surface area contributed by atoms with E-state index in [2.05, 4.69) is 18.3 Å². The van der Waals surface area contributed by atoms with Crippen molar-refractivity contribution in [3.8, 4) is 6.07 Å². The molecule has 0 bridgehead atoms. The third-order valence-electron chi connectivity index (χ3n) is 3.93. The lowest BCUT2D eigenvalue weighted by Crippen LogP contribution is -2.20. The summed E-state index contributed by atoms with van der Waals surface area (Å²) in [6.07, 6.45) is 4.19. The summed E-state index contributed by atoms with van der Waals surface area (Å²) < 4.78 is 9.79. The first kappa shape index (κ1) is 16.3. The minimum absolute atomic E-state index is 0.0427. The molecule has 1 aliphatic rings. The largest absolute Gasteiger partial charge is 0.457 e. The zero-order valence-electron chi connectivity index (χ0n) is 13.1. The Hall–Kier alpha value is -2.59. The van der Waals surface area contributed by atoms with Crippen LogP contribution in [0, 0.1) is 17.2 Å². The number of anilines is 1. The third-order valence-corrected chi connectivity index (χ3v) is 5.10. The summed E-state index contributed by atoms with van der Waals surface area (Å²) in [6.45, 7) is 1.75. The van der Waals surface area contributed by atoms with E-state index >= 15 is 0 Å². The Labute approximate surface area is 143 Å². The highest BCUT2D eigenvalue weighted by Crippen LogP contribution is 2.39. The van der Waals surface area contributed by atoms with Gasteiger partial charge in [0.25, 0.3) is 5.91 Å². The highest BCUT2D eigenvalue weighted by Gasteiger charge is 2.25. The molecule has 0 spiro atoms. The fraction of sp³-hybridized carbons (Fsp3) is 0.353. The molecule has 7 heteroatoms. The summed E-state index contributed by atoms with van der Waals surface area (Å²) in [4.78, 5) is 24.8. The van der Waals surface area contributed by atoms with Crippen LogP contribution in [-0.4, -0.2) is 18.5 Å². The first-order valence-electron chi connectivity index (χ1n) is 7.63. The van der Waals surface area contributed by atoms with Crippen molar-refractivity contribution in [3.05, 3.63) is 40.2 Å². The Morgan fingerprint density at radius 2 is 2.38 bits per heavy atom. The number of thiophene rings is 1. The first-order chi connectivity index (χ1) is 11.6. The maximum Gasteiger partial charge on any atom is 0.374 e. The molecule has 2 aromatic heterocycles. The van der Waals surface area contributed by atoms with Crippen molar-refractivity contribution in [1.29, 1.82) is 5.26 Å². The van der Waals surface area contributed by atoms with Crippen molar-refractivity contribution < 1.29 is 18.7 Å². The van der Waals surface area contributed by atoms with Gasteiger partial charge in [-0.2, -0.15) is 5.26 Å². The number of amides is 1. The number of fused-ring (bicyclic) bond motifs is 1. The average Bonchev–Trinajstić information content (AvgIpc) is 3.19. The number of nitrogens with one attached hydrogen (secondary N) is 1. The van der Waals surface area contributed by atoms with E-state index in [9.17, 15) is 14.9 Å². The second-order valence-electron chi connectivity index (χ2n) is 5.77. The van der Waals surface area contributed by atoms with Gasteiger partial charge in [-0.3, -0.25) is 4.79 Å². The lowest BCUT2D eigenvalue weighted by molar-refractivity contribution is -0.119. The Kier molecular flexibility index (Phi) is 4.67. The molecule has 0 fully saturated rings. The summed E-state index contributed by atoms with van der Waals surface area (Å²) in [5.74, 6) is -0.547. The fourth-order valence-electron chi connectivity index (χ4n) is 2.72. The Balaban J connectivity index is 1.64. The smallest absolute Gasteiger partial charge is 0.374 e. The van der Waals surface area contributed by atoms with Crippen LogP contribution in [0.5, 0.6) is 0 Å². The van der Waals surface area contributed by atoms with Crippen LogP contribution in [0.2, 0.25) is 0 Å². The topological polar surface area (TPSA) is 92.3 Å². The van der Waals surface area contributed by atoms with Gasteiger partial charge in [0.15, 0.2) is 6.61 Å². The minimum Gasteiger partial charge on any atom is -0.457 e. The summed E-state index contributed by atoms with van der Waals surface area (Å²) in [5, 5.41) is 12.6. The fourth-order valence-corrected chi connectivity index (χ4v) is 4.09. The van der Waals surface area contributed by atoms with Gasteiger partial charge in [-0.1, -0.05) is 6.92 Å². The van der Waals surface area contributed by atoms with Gasteiger partial charge in [-0.15, -0.1) is 11.3 Å². The van der Waals surface area contributed by atoms with Crippen LogP contribution in [0.15, 0.2) is 22.8 Å². The first-order valence-corrected chi connectivity index (χ1v) is 8.45. The van der Waals surface area contributed by atoms with E-state index in [0.717, 1.165) is 29.7 Å². The van der Waals surface area contributed by atoms with E-state index in [0.29, 0.717) is 16.5 Å². The van der Waals surface area contributed by atoms with Crippen molar-refractivity contribution >= 4 is 28.2 Å². The lowest BCUT2D eigenvalue weighted by Gasteiger charge is -2.17. The van der Waals surface area contributed by atoms with Gasteiger partial charge in [-0.25, -0.2) is 4.79 Å². The lowest BCUT2D eigenvalue weighted by atomic mass is 9.89. The zero-order chi connectivity index (χ0) is 17.1. The van der Waals surface area contributed by atoms with Crippen LogP contribution in [0.1, 0.15) is 39.9 Å². The summed E-state index contributed by atoms with van der Waals surface area (Å²) in [7, 11) is 0. The molecule has 2 heterocycles. The molecule has 124 valence electrons. The molecule has 2 aromatic rings. The van der Waals surface area contributed by atoms with Crippen LogP contribution in [-0.2, 0) is 22.4 Å². The number of ether oxygens (including phenoxy) is 1. The summed E-state index contributed by atoms with van der Waals surface area (Å²) >= 11 is 1.44. The molecule has 0 aromatic carbocycles. The molecule has 1 aliphatic carbocycles. The molecule has 1 amide bonds. The molecule has 0 saturated heterocycles. The Bertz CT molecular complexity index is 801. The van der Waals surface area contributed by atoms with Gasteiger partial charge in [0.1, 0.15) is 11.1 Å². The predicted molar refractivity (Wildman–Crippen MR) is 87.8 cm³/mol. The Morgan fingerprint density at radius 1 is 1.54 bits per heavy atom. The van der Waals surface area contributed by atoms with Crippen molar-refractivity contribution in [2.45, 2.75) is 26.2 Å². The van der Waals surface area contributed by atoms with Gasteiger partial charge in [-0.05, 0) is 42.9 Å². The van der Waals surface area contributed by atoms with Crippen LogP contribution < -0.4 is 5.32 Å². The number of esters is 1. The van der Waals surface area contributed by atoms with Gasteiger partial charge < -0.3 is 14.5 Å². The summed E-state index contributed by atoms with van der Waals surface area (Å²) in [6, 6.07) is 5.21. The number of furan rings is 1. The van der Waals surface area contributed by atoms with Crippen LogP contribution in [0.25, 0.3) is 0 Å². The standard InChI is InChI=1S/C17H16N2O4S/c1-10-4-5-11-12(8-18)16(24-14(11)7-10)19-15(20)9-23-17(21)13-3-2-6-22-13/h2-3,6,10H,4-5,7,9H2,1H3,(H,19,20)/t10-/m0/s1. The molecule has 6 nitrogen and oxygen atoms in total. The molecule has 1 N–H and O–H groups in total. The number of hydrogen-bond acceptors (Lipinski definition) is 6. The van der Waals surface area contributed by atoms with Gasteiger partial charge in [0.2, 0.25) is 5.76 Å². The second-order valence-corrected chi connectivity index (χ2v) is 6.87. The normalized spacial score (nSPS) is 16.1. The zero-order valence-corrected chi connectivity index (χ0v) is 13.9. The van der Waals surface area contributed by atoms with E-state index in [1.165, 1.54) is 23.7 Å². The van der Waals surface area contributed by atoms with Crippen molar-refractivity contribution in [1.82, 2.24) is 0 Å². The van der Waals surface area contributed by atoms with Crippen molar-refractivity contribution in [2.75, 3.05) is 11.9 Å². The van der Waals surface area contributed by atoms with Crippen molar-refractivity contribution in [2.24, 2.45) is 5.92 Å². The molecule has 0 radical (unpaired) electrons. The minimum atomic E-state index is -0.699. The maximum absolute atomic E-state index is 12.0. The van der Waals surface area contributed by atoms with E-state index in [1.807, 2.05) is 0 Å². The van der Waals surface area contributed by atoms with E-state index in [1.54, 1.807) is 6.07 Å². The van der Waals surface area contributed by atoms with E-state index in [4.69, 9.17) is 9.15 Å². The number of hydrogen-bond donors (Lipinski definition) is 1. The number of carbonyl (C=O) groups excluding carboxylic acids is 2. The monoisotopic (exact) mass is 344 g/mol.